The van der Waals surface area contributed by atoms with Crippen LogP contribution in [0.15, 0.2) is 24.3 Å². The monoisotopic (exact) mass is 434 g/mol. The summed E-state index contributed by atoms with van der Waals surface area (Å²) >= 11 is 0. The lowest BCUT2D eigenvalue weighted by molar-refractivity contribution is -0.115. The van der Waals surface area contributed by atoms with Gasteiger partial charge < -0.3 is 19.9 Å². The normalized spacial score (nSPS) is 18.7. The quantitative estimate of drug-likeness (QED) is 0.650. The third kappa shape index (κ3) is 4.90. The van der Waals surface area contributed by atoms with Gasteiger partial charge in [-0.15, -0.1) is 0 Å². The molecule has 1 aromatic carbocycles. The molecule has 2 aliphatic rings. The van der Waals surface area contributed by atoms with Gasteiger partial charge in [-0.25, -0.2) is 0 Å². The number of fused-ring (bicyclic) bond motifs is 1. The topological polar surface area (TPSA) is 79.1 Å². The number of hydrogen-bond acceptors (Lipinski definition) is 4. The van der Waals surface area contributed by atoms with Gasteiger partial charge in [0, 0.05) is 18.3 Å². The molecule has 170 valence electrons. The van der Waals surface area contributed by atoms with E-state index in [0.717, 1.165) is 62.7 Å². The number of nitrogens with zero attached hydrogens (tertiary/aromatic N) is 2. The minimum Gasteiger partial charge on any atom is -0.376 e. The van der Waals surface area contributed by atoms with E-state index in [1.165, 1.54) is 11.3 Å². The fourth-order valence-electron chi connectivity index (χ4n) is 4.90. The second-order valence-electron chi connectivity index (χ2n) is 8.96. The molecule has 1 saturated heterocycles. The van der Waals surface area contributed by atoms with Gasteiger partial charge in [0.1, 0.15) is 11.9 Å². The molecule has 6 heteroatoms. The Balaban J connectivity index is 1.47. The number of nitrogens with one attached hydrogen (secondary N) is 2. The van der Waals surface area contributed by atoms with Crippen molar-refractivity contribution in [3.63, 3.8) is 0 Å². The Bertz CT molecular complexity index is 981. The van der Waals surface area contributed by atoms with Crippen LogP contribution in [0.1, 0.15) is 73.5 Å². The van der Waals surface area contributed by atoms with Crippen LogP contribution in [0.3, 0.4) is 0 Å². The lowest BCUT2D eigenvalue weighted by Gasteiger charge is -2.20. The Kier molecular flexibility index (Phi) is 7.29. The zero-order valence-corrected chi connectivity index (χ0v) is 19.2. The smallest absolute Gasteiger partial charge is 0.239 e. The molecule has 32 heavy (non-hydrogen) atoms. The van der Waals surface area contributed by atoms with Crippen LogP contribution in [-0.4, -0.2) is 29.7 Å². The van der Waals surface area contributed by atoms with E-state index in [4.69, 9.17) is 4.74 Å². The maximum Gasteiger partial charge on any atom is 0.239 e. The summed E-state index contributed by atoms with van der Waals surface area (Å²) in [5, 5.41) is 16.3. The molecule has 2 N–H and O–H groups in total. The molecule has 1 aliphatic heterocycles. The number of anilines is 1. The van der Waals surface area contributed by atoms with Crippen LogP contribution in [-0.2, 0) is 35.3 Å². The molecule has 0 radical (unpaired) electrons. The molecule has 2 heterocycles. The second-order valence-corrected chi connectivity index (χ2v) is 8.96. The first-order valence-electron chi connectivity index (χ1n) is 12.0. The third-order valence-corrected chi connectivity index (χ3v) is 6.81. The van der Waals surface area contributed by atoms with Crippen molar-refractivity contribution < 1.29 is 9.53 Å². The molecule has 1 fully saturated rings. The number of nitriles is 1. The predicted molar refractivity (Wildman–Crippen MR) is 126 cm³/mol. The number of carbonyl (C=O) groups excluding carboxylic acids is 1. The van der Waals surface area contributed by atoms with Gasteiger partial charge in [0.05, 0.1) is 24.8 Å². The van der Waals surface area contributed by atoms with Crippen LogP contribution in [0, 0.1) is 11.3 Å². The summed E-state index contributed by atoms with van der Waals surface area (Å²) in [7, 11) is 0. The van der Waals surface area contributed by atoms with Crippen molar-refractivity contribution in [2.75, 3.05) is 18.5 Å². The first kappa shape index (κ1) is 22.6. The highest BCUT2D eigenvalue weighted by Crippen LogP contribution is 2.34. The molecular weight excluding hydrogens is 400 g/mol. The van der Waals surface area contributed by atoms with Gasteiger partial charge in [0.2, 0.25) is 5.91 Å². The van der Waals surface area contributed by atoms with Crippen LogP contribution < -0.4 is 10.6 Å². The first-order chi connectivity index (χ1) is 15.6. The van der Waals surface area contributed by atoms with Crippen molar-refractivity contribution in [1.29, 1.82) is 5.26 Å². The van der Waals surface area contributed by atoms with Crippen molar-refractivity contribution >= 4 is 11.7 Å². The molecule has 1 aliphatic carbocycles. The van der Waals surface area contributed by atoms with Crippen LogP contribution in [0.25, 0.3) is 0 Å². The van der Waals surface area contributed by atoms with Gasteiger partial charge in [-0.3, -0.25) is 4.79 Å². The third-order valence-electron chi connectivity index (χ3n) is 6.81. The van der Waals surface area contributed by atoms with E-state index >= 15 is 0 Å². The van der Waals surface area contributed by atoms with E-state index in [1.54, 1.807) is 0 Å². The number of amides is 1. The summed E-state index contributed by atoms with van der Waals surface area (Å²) in [6, 6.07) is 10.9. The van der Waals surface area contributed by atoms with Gasteiger partial charge in [0.25, 0.3) is 0 Å². The predicted octanol–water partition coefficient (Wildman–Crippen LogP) is 4.27. The van der Waals surface area contributed by atoms with Crippen molar-refractivity contribution in [3.8, 4) is 6.07 Å². The highest BCUT2D eigenvalue weighted by molar-refractivity contribution is 5.93. The summed E-state index contributed by atoms with van der Waals surface area (Å²) in [5.41, 5.74) is 5.42. The Morgan fingerprint density at radius 1 is 1.25 bits per heavy atom. The van der Waals surface area contributed by atoms with Crippen molar-refractivity contribution in [3.05, 3.63) is 52.2 Å². The molecule has 2 unspecified atom stereocenters. The molecule has 1 amide bonds. The van der Waals surface area contributed by atoms with E-state index in [9.17, 15) is 10.1 Å². The zero-order chi connectivity index (χ0) is 22.5. The van der Waals surface area contributed by atoms with Gasteiger partial charge in [-0.2, -0.15) is 5.26 Å². The minimum atomic E-state index is -0.123. The number of ether oxygens (including phenoxy) is 1. The molecule has 2 atom stereocenters. The molecule has 4 rings (SSSR count). The fraction of sp³-hybridized carbons (Fsp3) is 0.538. The van der Waals surface area contributed by atoms with E-state index < -0.39 is 0 Å². The van der Waals surface area contributed by atoms with Crippen LogP contribution in [0.5, 0.6) is 0 Å². The van der Waals surface area contributed by atoms with Gasteiger partial charge in [-0.05, 0) is 68.6 Å². The van der Waals surface area contributed by atoms with E-state index in [0.29, 0.717) is 17.9 Å². The van der Waals surface area contributed by atoms with Crippen molar-refractivity contribution in [1.82, 2.24) is 9.88 Å². The number of carbonyl (C=O) groups is 1. The molecule has 1 aromatic heterocycles. The fourth-order valence-corrected chi connectivity index (χ4v) is 4.90. The second kappa shape index (κ2) is 10.3. The van der Waals surface area contributed by atoms with Crippen molar-refractivity contribution in [2.45, 2.75) is 77.5 Å². The standard InChI is InChI=1S/C26H34N4O2/c1-3-19-10-12-20(13-11-19)18(2)28-16-25(31)29-26-23(15-27)22-8-4-5-9-24(22)30(26)17-21-7-6-14-32-21/h10-13,18,21,28H,3-9,14,16-17H2,1-2H3,(H,29,31). The molecular formula is C26H34N4O2. The average molecular weight is 435 g/mol. The summed E-state index contributed by atoms with van der Waals surface area (Å²) in [6.07, 6.45) is 7.34. The number of benzene rings is 1. The maximum atomic E-state index is 12.9. The zero-order valence-electron chi connectivity index (χ0n) is 19.2. The number of rotatable bonds is 8. The average Bonchev–Trinajstić information content (AvgIpc) is 3.44. The molecule has 2 aromatic rings. The van der Waals surface area contributed by atoms with Crippen LogP contribution in [0.2, 0.25) is 0 Å². The van der Waals surface area contributed by atoms with Crippen molar-refractivity contribution in [2.24, 2.45) is 0 Å². The molecule has 6 nitrogen and oxygen atoms in total. The number of aryl methyl sites for hydroxylation is 1. The number of aromatic nitrogens is 1. The molecule has 0 bridgehead atoms. The maximum absolute atomic E-state index is 12.9. The first-order valence-corrected chi connectivity index (χ1v) is 12.0. The summed E-state index contributed by atoms with van der Waals surface area (Å²) < 4.78 is 8.03. The Hall–Kier alpha value is -2.62. The minimum absolute atomic E-state index is 0.0639. The highest BCUT2D eigenvalue weighted by atomic mass is 16.5. The largest absolute Gasteiger partial charge is 0.376 e. The van der Waals surface area contributed by atoms with E-state index in [2.05, 4.69) is 59.4 Å². The van der Waals surface area contributed by atoms with Gasteiger partial charge in [-0.1, -0.05) is 31.2 Å². The number of hydrogen-bond donors (Lipinski definition) is 2. The van der Waals surface area contributed by atoms with E-state index in [1.807, 2.05) is 0 Å². The molecule has 0 saturated carbocycles. The van der Waals surface area contributed by atoms with Crippen LogP contribution in [0.4, 0.5) is 5.82 Å². The highest BCUT2D eigenvalue weighted by Gasteiger charge is 2.28. The SMILES string of the molecule is CCc1ccc(C(C)NCC(=O)Nc2c(C#N)c3c(n2CC2CCCO2)CCCC3)cc1. The van der Waals surface area contributed by atoms with Crippen LogP contribution >= 0.6 is 0 Å². The lowest BCUT2D eigenvalue weighted by atomic mass is 9.95. The van der Waals surface area contributed by atoms with Gasteiger partial charge >= 0.3 is 0 Å². The lowest BCUT2D eigenvalue weighted by Crippen LogP contribution is -2.31. The Morgan fingerprint density at radius 2 is 2.03 bits per heavy atom. The molecule has 0 spiro atoms. The van der Waals surface area contributed by atoms with Gasteiger partial charge in [0.15, 0.2) is 0 Å². The Morgan fingerprint density at radius 3 is 2.72 bits per heavy atom. The summed E-state index contributed by atoms with van der Waals surface area (Å²) in [4.78, 5) is 12.9. The Labute approximate surface area is 191 Å². The van der Waals surface area contributed by atoms with E-state index in [-0.39, 0.29) is 24.6 Å². The summed E-state index contributed by atoms with van der Waals surface area (Å²) in [5.74, 6) is 0.531. The summed E-state index contributed by atoms with van der Waals surface area (Å²) in [6.45, 7) is 5.89.